The van der Waals surface area contributed by atoms with Crippen molar-refractivity contribution in [2.75, 3.05) is 20.2 Å². The molecular formula is C25H23FN4O3. The van der Waals surface area contributed by atoms with Crippen LogP contribution in [0, 0.1) is 12.7 Å². The molecule has 0 aliphatic carbocycles. The molecule has 1 amide bonds. The van der Waals surface area contributed by atoms with Crippen molar-refractivity contribution in [2.45, 2.75) is 13.3 Å². The summed E-state index contributed by atoms with van der Waals surface area (Å²) in [4.78, 5) is 38.4. The molecular weight excluding hydrogens is 423 g/mol. The number of amides is 1. The molecule has 0 spiro atoms. The minimum atomic E-state index is -0.540. The number of aromatic nitrogens is 3. The molecule has 0 aliphatic rings. The van der Waals surface area contributed by atoms with E-state index in [1.54, 1.807) is 12.3 Å². The third kappa shape index (κ3) is 4.90. The van der Waals surface area contributed by atoms with Crippen LogP contribution in [0.4, 0.5) is 4.39 Å². The minimum absolute atomic E-state index is 0.222. The fourth-order valence-electron chi connectivity index (χ4n) is 3.68. The third-order valence-corrected chi connectivity index (χ3v) is 5.48. The zero-order valence-corrected chi connectivity index (χ0v) is 18.3. The normalized spacial score (nSPS) is 10.9. The lowest BCUT2D eigenvalue weighted by Gasteiger charge is -2.22. The highest BCUT2D eigenvalue weighted by Crippen LogP contribution is 2.24. The second kappa shape index (κ2) is 9.60. The Morgan fingerprint density at radius 1 is 1.15 bits per heavy atom. The van der Waals surface area contributed by atoms with E-state index in [2.05, 4.69) is 15.0 Å². The van der Waals surface area contributed by atoms with Crippen LogP contribution in [-0.4, -0.2) is 51.9 Å². The molecule has 8 heteroatoms. The van der Waals surface area contributed by atoms with Crippen molar-refractivity contribution in [1.82, 2.24) is 19.9 Å². The Balaban J connectivity index is 1.63. The molecule has 0 saturated carbocycles. The topological polar surface area (TPSA) is 88.2 Å². The van der Waals surface area contributed by atoms with Crippen LogP contribution in [0.25, 0.3) is 22.2 Å². The number of hydrogen-bond donors (Lipinski definition) is 1. The summed E-state index contributed by atoms with van der Waals surface area (Å²) in [5.74, 6) is -1.26. The van der Waals surface area contributed by atoms with Crippen molar-refractivity contribution < 1.29 is 18.7 Å². The number of rotatable bonds is 7. The van der Waals surface area contributed by atoms with Crippen molar-refractivity contribution in [1.29, 1.82) is 0 Å². The zero-order chi connectivity index (χ0) is 23.4. The van der Waals surface area contributed by atoms with Gasteiger partial charge in [-0.25, -0.2) is 14.4 Å². The van der Waals surface area contributed by atoms with Gasteiger partial charge in [-0.1, -0.05) is 29.8 Å². The lowest BCUT2D eigenvalue weighted by Crippen LogP contribution is -2.38. The Morgan fingerprint density at radius 2 is 1.94 bits per heavy atom. The van der Waals surface area contributed by atoms with Crippen molar-refractivity contribution in [2.24, 2.45) is 0 Å². The Labute approximate surface area is 190 Å². The molecule has 2 aromatic carbocycles. The first-order valence-electron chi connectivity index (χ1n) is 10.4. The largest absolute Gasteiger partial charge is 0.468 e. The maximum Gasteiger partial charge on any atom is 0.325 e. The third-order valence-electron chi connectivity index (χ3n) is 5.48. The van der Waals surface area contributed by atoms with Crippen LogP contribution < -0.4 is 0 Å². The quantitative estimate of drug-likeness (QED) is 0.435. The van der Waals surface area contributed by atoms with Gasteiger partial charge in [-0.15, -0.1) is 0 Å². The summed E-state index contributed by atoms with van der Waals surface area (Å²) in [5.41, 5.74) is 4.28. The van der Waals surface area contributed by atoms with Crippen LogP contribution in [0.15, 0.2) is 61.2 Å². The van der Waals surface area contributed by atoms with E-state index < -0.39 is 5.97 Å². The summed E-state index contributed by atoms with van der Waals surface area (Å²) >= 11 is 0. The smallest absolute Gasteiger partial charge is 0.325 e. The van der Waals surface area contributed by atoms with E-state index in [0.29, 0.717) is 12.1 Å². The van der Waals surface area contributed by atoms with Gasteiger partial charge in [0.2, 0.25) is 0 Å². The molecule has 4 rings (SSSR count). The molecule has 168 valence electrons. The predicted molar refractivity (Wildman–Crippen MR) is 122 cm³/mol. The van der Waals surface area contributed by atoms with E-state index in [4.69, 9.17) is 4.74 Å². The summed E-state index contributed by atoms with van der Waals surface area (Å²) < 4.78 is 18.5. The van der Waals surface area contributed by atoms with E-state index in [1.165, 1.54) is 36.7 Å². The van der Waals surface area contributed by atoms with Crippen LogP contribution >= 0.6 is 0 Å². The van der Waals surface area contributed by atoms with E-state index in [-0.39, 0.29) is 30.4 Å². The predicted octanol–water partition coefficient (Wildman–Crippen LogP) is 3.93. The number of esters is 1. The van der Waals surface area contributed by atoms with Crippen molar-refractivity contribution in [3.05, 3.63) is 83.7 Å². The maximum absolute atomic E-state index is 13.7. The molecule has 2 aromatic heterocycles. The number of aromatic amines is 1. The van der Waals surface area contributed by atoms with Gasteiger partial charge in [-0.05, 0) is 37.1 Å². The summed E-state index contributed by atoms with van der Waals surface area (Å²) in [6.07, 6.45) is 5.04. The minimum Gasteiger partial charge on any atom is -0.468 e. The van der Waals surface area contributed by atoms with Gasteiger partial charge >= 0.3 is 5.97 Å². The van der Waals surface area contributed by atoms with Crippen molar-refractivity contribution in [3.63, 3.8) is 0 Å². The van der Waals surface area contributed by atoms with Crippen LogP contribution in [0.5, 0.6) is 0 Å². The number of carbonyl (C=O) groups excluding carboxylic acids is 2. The number of carbonyl (C=O) groups is 2. The van der Waals surface area contributed by atoms with E-state index >= 15 is 0 Å². The molecule has 1 N–H and O–H groups in total. The summed E-state index contributed by atoms with van der Waals surface area (Å²) in [7, 11) is 1.27. The molecule has 33 heavy (non-hydrogen) atoms. The number of fused-ring (bicyclic) bond motifs is 1. The van der Waals surface area contributed by atoms with Crippen LogP contribution in [0.2, 0.25) is 0 Å². The van der Waals surface area contributed by atoms with Gasteiger partial charge < -0.3 is 14.6 Å². The van der Waals surface area contributed by atoms with Gasteiger partial charge in [0.25, 0.3) is 5.91 Å². The van der Waals surface area contributed by atoms with Gasteiger partial charge in [0.1, 0.15) is 18.7 Å². The molecule has 0 fully saturated rings. The molecule has 0 unspecified atom stereocenters. The fraction of sp³-hybridized carbons (Fsp3) is 0.200. The molecule has 4 aromatic rings. The van der Waals surface area contributed by atoms with Gasteiger partial charge in [0, 0.05) is 35.4 Å². The second-order valence-corrected chi connectivity index (χ2v) is 7.71. The lowest BCUT2D eigenvalue weighted by molar-refractivity contribution is -0.141. The monoisotopic (exact) mass is 446 g/mol. The van der Waals surface area contributed by atoms with Crippen molar-refractivity contribution >= 4 is 22.8 Å². The maximum atomic E-state index is 13.7. The van der Waals surface area contributed by atoms with Crippen LogP contribution in [0.3, 0.4) is 0 Å². The van der Waals surface area contributed by atoms with E-state index in [9.17, 15) is 14.0 Å². The number of benzene rings is 2. The zero-order valence-electron chi connectivity index (χ0n) is 18.3. The first-order chi connectivity index (χ1) is 16.0. The first-order valence-corrected chi connectivity index (χ1v) is 10.4. The second-order valence-electron chi connectivity index (χ2n) is 7.71. The van der Waals surface area contributed by atoms with Gasteiger partial charge in [-0.3, -0.25) is 9.59 Å². The van der Waals surface area contributed by atoms with E-state index in [1.807, 2.05) is 31.2 Å². The number of halogens is 1. The summed E-state index contributed by atoms with van der Waals surface area (Å²) in [5, 5.41) is 0.740. The van der Waals surface area contributed by atoms with Gasteiger partial charge in [-0.2, -0.15) is 0 Å². The van der Waals surface area contributed by atoms with Crippen molar-refractivity contribution in [3.8, 4) is 11.3 Å². The Hall–Kier alpha value is -4.07. The Morgan fingerprint density at radius 3 is 2.70 bits per heavy atom. The highest BCUT2D eigenvalue weighted by molar-refractivity contribution is 6.00. The number of methoxy groups -OCH3 is 1. The summed E-state index contributed by atoms with van der Waals surface area (Å²) in [6, 6.07) is 12.2. The molecule has 0 radical (unpaired) electrons. The fourth-order valence-corrected chi connectivity index (χ4v) is 3.68. The van der Waals surface area contributed by atoms with E-state index in [0.717, 1.165) is 27.6 Å². The molecule has 0 aliphatic heterocycles. The summed E-state index contributed by atoms with van der Waals surface area (Å²) in [6.45, 7) is 1.97. The highest BCUT2D eigenvalue weighted by atomic mass is 19.1. The van der Waals surface area contributed by atoms with Gasteiger partial charge in [0.15, 0.2) is 0 Å². The average Bonchev–Trinajstić information content (AvgIpc) is 3.23. The molecule has 2 heterocycles. The lowest BCUT2D eigenvalue weighted by atomic mass is 10.0. The highest BCUT2D eigenvalue weighted by Gasteiger charge is 2.23. The Bertz CT molecular complexity index is 1300. The molecule has 0 atom stereocenters. The number of H-pyrrole nitrogens is 1. The Kier molecular flexibility index (Phi) is 6.44. The molecule has 0 bridgehead atoms. The number of nitrogens with one attached hydrogen (secondary N) is 1. The van der Waals surface area contributed by atoms with Crippen LogP contribution in [-0.2, 0) is 16.0 Å². The van der Waals surface area contributed by atoms with Crippen LogP contribution in [0.1, 0.15) is 21.5 Å². The molecule has 7 nitrogen and oxygen atoms in total. The number of hydrogen-bond acceptors (Lipinski definition) is 5. The SMILES string of the molecule is COC(=O)CN(CCc1c[nH]c2ccc(F)cc12)C(=O)c1cncnc1-c1ccc(C)cc1. The molecule has 0 saturated heterocycles. The van der Waals surface area contributed by atoms with Gasteiger partial charge in [0.05, 0.1) is 18.4 Å². The average molecular weight is 446 g/mol. The number of nitrogens with zero attached hydrogens (tertiary/aromatic N) is 3. The number of aryl methyl sites for hydroxylation is 1. The first kappa shape index (κ1) is 22.1. The number of ether oxygens (including phenoxy) is 1. The standard InChI is InChI=1S/C25H23FN4O3/c1-16-3-5-17(6-4-16)24-21(13-27-15-29-24)25(32)30(14-23(31)33-2)10-9-18-12-28-22-8-7-19(26)11-20(18)22/h3-8,11-13,15,28H,9-10,14H2,1-2H3.